The Kier molecular flexibility index (Phi) is 6.71. The number of aromatic nitrogens is 2. The second-order valence-corrected chi connectivity index (χ2v) is 8.53. The van der Waals surface area contributed by atoms with Gasteiger partial charge >= 0.3 is 12.1 Å². The summed E-state index contributed by atoms with van der Waals surface area (Å²) >= 11 is 7.21. The van der Waals surface area contributed by atoms with Crippen molar-refractivity contribution in [2.45, 2.75) is 17.1 Å². The average Bonchev–Trinajstić information content (AvgIpc) is 3.27. The third kappa shape index (κ3) is 5.53. The Labute approximate surface area is 196 Å². The van der Waals surface area contributed by atoms with Crippen molar-refractivity contribution in [3.8, 4) is 0 Å². The molecule has 4 rings (SSSR count). The van der Waals surface area contributed by atoms with Crippen LogP contribution < -0.4 is 9.80 Å². The number of alkyl halides is 3. The molecule has 1 fully saturated rings. The maximum absolute atomic E-state index is 13.5. The van der Waals surface area contributed by atoms with E-state index in [0.717, 1.165) is 23.5 Å². The van der Waals surface area contributed by atoms with E-state index in [1.807, 2.05) is 18.2 Å². The van der Waals surface area contributed by atoms with Gasteiger partial charge in [-0.2, -0.15) is 13.2 Å². The van der Waals surface area contributed by atoms with Crippen molar-refractivity contribution in [2.24, 2.45) is 0 Å². The Balaban J connectivity index is 1.50. The second-order valence-electron chi connectivity index (χ2n) is 7.18. The van der Waals surface area contributed by atoms with E-state index in [1.54, 1.807) is 11.0 Å². The molecule has 0 spiro atoms. The predicted octanol–water partition coefficient (Wildman–Crippen LogP) is 5.06. The summed E-state index contributed by atoms with van der Waals surface area (Å²) in [6.45, 7) is 2.07. The van der Waals surface area contributed by atoms with E-state index in [1.165, 1.54) is 12.1 Å². The van der Waals surface area contributed by atoms with Crippen molar-refractivity contribution in [2.75, 3.05) is 36.0 Å². The molecule has 3 aromatic rings. The molecule has 0 unspecified atom stereocenters. The van der Waals surface area contributed by atoms with Crippen LogP contribution in [0.25, 0.3) is 0 Å². The van der Waals surface area contributed by atoms with E-state index in [-0.39, 0.29) is 22.5 Å². The van der Waals surface area contributed by atoms with Crippen LogP contribution in [-0.4, -0.2) is 47.2 Å². The molecule has 3 heterocycles. The van der Waals surface area contributed by atoms with Gasteiger partial charge in [0.1, 0.15) is 11.6 Å². The number of aromatic carboxylic acids is 1. The summed E-state index contributed by atoms with van der Waals surface area (Å²) < 4.78 is 45.6. The first-order valence-corrected chi connectivity index (χ1v) is 11.2. The molecule has 174 valence electrons. The van der Waals surface area contributed by atoms with E-state index in [2.05, 4.69) is 14.9 Å². The van der Waals surface area contributed by atoms with Crippen molar-refractivity contribution in [1.82, 2.24) is 9.97 Å². The van der Waals surface area contributed by atoms with Gasteiger partial charge in [0, 0.05) is 32.2 Å². The molecule has 0 saturated carbocycles. The van der Waals surface area contributed by atoms with Gasteiger partial charge in [-0.25, -0.2) is 14.8 Å². The second kappa shape index (κ2) is 9.52. The van der Waals surface area contributed by atoms with Crippen molar-refractivity contribution >= 4 is 40.8 Å². The number of thioether (sulfide) groups is 1. The van der Waals surface area contributed by atoms with E-state index in [4.69, 9.17) is 21.1 Å². The highest BCUT2D eigenvalue weighted by atomic mass is 35.5. The van der Waals surface area contributed by atoms with E-state index >= 15 is 0 Å². The van der Waals surface area contributed by atoms with Crippen LogP contribution in [0.15, 0.2) is 52.0 Å². The van der Waals surface area contributed by atoms with E-state index in [9.17, 15) is 18.0 Å². The maximum atomic E-state index is 13.5. The van der Waals surface area contributed by atoms with Crippen LogP contribution in [0.4, 0.5) is 24.7 Å². The Morgan fingerprint density at radius 1 is 1.09 bits per heavy atom. The average molecular weight is 499 g/mol. The topological polar surface area (TPSA) is 82.7 Å². The number of piperazine rings is 1. The zero-order chi connectivity index (χ0) is 23.6. The molecule has 1 saturated heterocycles. The molecule has 12 heteroatoms. The lowest BCUT2D eigenvalue weighted by molar-refractivity contribution is -0.141. The van der Waals surface area contributed by atoms with Gasteiger partial charge in [0.25, 0.3) is 0 Å². The Bertz CT molecular complexity index is 1150. The highest BCUT2D eigenvalue weighted by Gasteiger charge is 2.34. The standard InChI is InChI=1S/C21H18ClF3N4O3S/c22-14-3-1-2-4-15(14)28-7-9-29(10-8-28)18-11-17(21(23,24)25)26-20(27-18)33-12-13-5-6-16(32-13)19(30)31/h1-6,11H,7-10,12H2,(H,30,31). The van der Waals surface area contributed by atoms with Crippen molar-refractivity contribution in [1.29, 1.82) is 0 Å². The zero-order valence-corrected chi connectivity index (χ0v) is 18.6. The molecule has 1 aromatic carbocycles. The third-order valence-electron chi connectivity index (χ3n) is 5.00. The minimum absolute atomic E-state index is 0.0679. The highest BCUT2D eigenvalue weighted by molar-refractivity contribution is 7.98. The fraction of sp³-hybridized carbons (Fsp3) is 0.286. The first-order chi connectivity index (χ1) is 15.7. The van der Waals surface area contributed by atoms with Gasteiger partial charge in [0.15, 0.2) is 10.9 Å². The van der Waals surface area contributed by atoms with E-state index < -0.39 is 17.8 Å². The number of hydrogen-bond donors (Lipinski definition) is 1. The Morgan fingerprint density at radius 2 is 1.79 bits per heavy atom. The normalized spacial score (nSPS) is 14.5. The molecule has 0 radical (unpaired) electrons. The molecule has 1 aliphatic heterocycles. The highest BCUT2D eigenvalue weighted by Crippen LogP contribution is 2.33. The van der Waals surface area contributed by atoms with Crippen LogP contribution in [0.5, 0.6) is 0 Å². The first-order valence-electron chi connectivity index (χ1n) is 9.86. The minimum Gasteiger partial charge on any atom is -0.475 e. The quantitative estimate of drug-likeness (QED) is 0.373. The number of carboxylic acids is 1. The van der Waals surface area contributed by atoms with Crippen molar-refractivity contribution in [3.63, 3.8) is 0 Å². The third-order valence-corrected chi connectivity index (χ3v) is 6.18. The lowest BCUT2D eigenvalue weighted by Crippen LogP contribution is -2.47. The van der Waals surface area contributed by atoms with Gasteiger partial charge in [-0.05, 0) is 24.3 Å². The van der Waals surface area contributed by atoms with Crippen LogP contribution >= 0.6 is 23.4 Å². The zero-order valence-electron chi connectivity index (χ0n) is 17.0. The van der Waals surface area contributed by atoms with Crippen LogP contribution in [0.3, 0.4) is 0 Å². The molecular weight excluding hydrogens is 481 g/mol. The van der Waals surface area contributed by atoms with Crippen LogP contribution in [0, 0.1) is 0 Å². The summed E-state index contributed by atoms with van der Waals surface area (Å²) in [5.74, 6) is -0.890. The van der Waals surface area contributed by atoms with E-state index in [0.29, 0.717) is 37.0 Å². The van der Waals surface area contributed by atoms with Gasteiger partial charge < -0.3 is 19.3 Å². The fourth-order valence-electron chi connectivity index (χ4n) is 3.38. The molecule has 0 aliphatic carbocycles. The van der Waals surface area contributed by atoms with Crippen LogP contribution in [0.2, 0.25) is 5.02 Å². The molecular formula is C21H18ClF3N4O3S. The summed E-state index contributed by atoms with van der Waals surface area (Å²) in [5, 5.41) is 9.48. The maximum Gasteiger partial charge on any atom is 0.433 e. The summed E-state index contributed by atoms with van der Waals surface area (Å²) in [5.41, 5.74) is -0.151. The monoisotopic (exact) mass is 498 g/mol. The Hall–Kier alpha value is -2.92. The number of carboxylic acid groups (broad SMARTS) is 1. The number of halogens is 4. The SMILES string of the molecule is O=C(O)c1ccc(CSc2nc(N3CCN(c4ccccc4Cl)CC3)cc(C(F)(F)F)n2)o1. The van der Waals surface area contributed by atoms with Gasteiger partial charge in [-0.3, -0.25) is 0 Å². The van der Waals surface area contributed by atoms with Gasteiger partial charge in [-0.1, -0.05) is 35.5 Å². The molecule has 33 heavy (non-hydrogen) atoms. The largest absolute Gasteiger partial charge is 0.475 e. The molecule has 7 nitrogen and oxygen atoms in total. The Morgan fingerprint density at radius 3 is 2.42 bits per heavy atom. The molecule has 1 aliphatic rings. The number of carbonyl (C=O) groups is 1. The number of hydrogen-bond acceptors (Lipinski definition) is 7. The predicted molar refractivity (Wildman–Crippen MR) is 118 cm³/mol. The molecule has 0 atom stereocenters. The molecule has 0 amide bonds. The summed E-state index contributed by atoms with van der Waals surface area (Å²) in [6, 6.07) is 11.1. The number of anilines is 2. The number of nitrogens with zero attached hydrogens (tertiary/aromatic N) is 4. The molecule has 2 aromatic heterocycles. The fourth-order valence-corrected chi connectivity index (χ4v) is 4.38. The van der Waals surface area contributed by atoms with Gasteiger partial charge in [0.2, 0.25) is 5.76 Å². The smallest absolute Gasteiger partial charge is 0.433 e. The van der Waals surface area contributed by atoms with Crippen LogP contribution in [-0.2, 0) is 11.9 Å². The summed E-state index contributed by atoms with van der Waals surface area (Å²) in [6.07, 6.45) is -4.63. The summed E-state index contributed by atoms with van der Waals surface area (Å²) in [7, 11) is 0. The minimum atomic E-state index is -4.63. The van der Waals surface area contributed by atoms with Crippen molar-refractivity contribution < 1.29 is 27.5 Å². The number of benzene rings is 1. The van der Waals surface area contributed by atoms with Gasteiger partial charge in [0.05, 0.1) is 16.5 Å². The summed E-state index contributed by atoms with van der Waals surface area (Å²) in [4.78, 5) is 22.8. The van der Waals surface area contributed by atoms with Crippen LogP contribution in [0.1, 0.15) is 22.0 Å². The number of furan rings is 1. The molecule has 0 bridgehead atoms. The molecule has 1 N–H and O–H groups in total. The lowest BCUT2D eigenvalue weighted by atomic mass is 10.2. The first kappa shape index (κ1) is 23.2. The van der Waals surface area contributed by atoms with Crippen molar-refractivity contribution in [3.05, 3.63) is 64.7 Å². The lowest BCUT2D eigenvalue weighted by Gasteiger charge is -2.37. The number of rotatable bonds is 6. The number of para-hydroxylation sites is 1. The van der Waals surface area contributed by atoms with Gasteiger partial charge in [-0.15, -0.1) is 0 Å².